The van der Waals surface area contributed by atoms with Gasteiger partial charge in [-0.05, 0) is 37.3 Å². The van der Waals surface area contributed by atoms with E-state index in [1.54, 1.807) is 6.92 Å². The van der Waals surface area contributed by atoms with Crippen LogP contribution in [0.15, 0.2) is 24.3 Å². The van der Waals surface area contributed by atoms with Gasteiger partial charge in [0.2, 0.25) is 5.91 Å². The van der Waals surface area contributed by atoms with E-state index in [-0.39, 0.29) is 18.5 Å². The molecule has 0 aromatic heterocycles. The molecule has 1 fully saturated rings. The van der Waals surface area contributed by atoms with Crippen LogP contribution in [0.3, 0.4) is 0 Å². The monoisotopic (exact) mass is 359 g/mol. The lowest BCUT2D eigenvalue weighted by molar-refractivity contribution is -0.135. The number of nitrogens with one attached hydrogen (secondary N) is 2. The van der Waals surface area contributed by atoms with E-state index in [4.69, 9.17) is 0 Å². The molecule has 1 aliphatic heterocycles. The highest BCUT2D eigenvalue weighted by molar-refractivity contribution is 6.09. The molecule has 0 radical (unpaired) electrons. The molecule has 6 nitrogen and oxygen atoms in total. The van der Waals surface area contributed by atoms with Crippen LogP contribution in [0.4, 0.5) is 4.79 Å². The minimum absolute atomic E-state index is 0.0169. The van der Waals surface area contributed by atoms with Gasteiger partial charge in [0.1, 0.15) is 12.1 Å². The lowest BCUT2D eigenvalue weighted by Gasteiger charge is -2.23. The Labute approximate surface area is 155 Å². The van der Waals surface area contributed by atoms with Crippen molar-refractivity contribution in [1.29, 1.82) is 0 Å². The molecule has 1 saturated heterocycles. The molecular formula is C20H29N3O3. The highest BCUT2D eigenvalue weighted by Crippen LogP contribution is 2.29. The summed E-state index contributed by atoms with van der Waals surface area (Å²) >= 11 is 0. The highest BCUT2D eigenvalue weighted by atomic mass is 16.2. The third-order valence-corrected chi connectivity index (χ3v) is 4.86. The lowest BCUT2D eigenvalue weighted by Crippen LogP contribution is -2.44. The van der Waals surface area contributed by atoms with E-state index >= 15 is 0 Å². The van der Waals surface area contributed by atoms with Gasteiger partial charge in [0.25, 0.3) is 5.91 Å². The number of hydrogen-bond acceptors (Lipinski definition) is 3. The number of rotatable bonds is 7. The second kappa shape index (κ2) is 7.89. The third kappa shape index (κ3) is 4.06. The Morgan fingerprint density at radius 3 is 2.35 bits per heavy atom. The zero-order chi connectivity index (χ0) is 19.5. The SMILES string of the molecule is CCC[C@@H](C)NC(=O)CN1C(=O)N[C@@](C)(c2ccc(C(C)C)cc2)C1=O. The summed E-state index contributed by atoms with van der Waals surface area (Å²) in [6, 6.07) is 7.13. The second-order valence-electron chi connectivity index (χ2n) is 7.48. The van der Waals surface area contributed by atoms with Gasteiger partial charge in [0.15, 0.2) is 0 Å². The maximum atomic E-state index is 12.9. The summed E-state index contributed by atoms with van der Waals surface area (Å²) in [4.78, 5) is 38.3. The highest BCUT2D eigenvalue weighted by Gasteiger charge is 2.49. The predicted molar refractivity (Wildman–Crippen MR) is 101 cm³/mol. The summed E-state index contributed by atoms with van der Waals surface area (Å²) in [7, 11) is 0. The Morgan fingerprint density at radius 2 is 1.81 bits per heavy atom. The number of carbonyl (C=O) groups is 3. The Bertz CT molecular complexity index is 684. The number of hydrogen-bond donors (Lipinski definition) is 2. The van der Waals surface area contributed by atoms with E-state index in [0.717, 1.165) is 23.3 Å². The first-order valence-corrected chi connectivity index (χ1v) is 9.23. The van der Waals surface area contributed by atoms with Crippen LogP contribution in [0.2, 0.25) is 0 Å². The Balaban J connectivity index is 2.12. The number of nitrogens with zero attached hydrogens (tertiary/aromatic N) is 1. The molecule has 2 rings (SSSR count). The second-order valence-corrected chi connectivity index (χ2v) is 7.48. The quantitative estimate of drug-likeness (QED) is 0.735. The topological polar surface area (TPSA) is 78.5 Å². The van der Waals surface area contributed by atoms with Gasteiger partial charge in [-0.15, -0.1) is 0 Å². The van der Waals surface area contributed by atoms with Crippen LogP contribution in [0.5, 0.6) is 0 Å². The van der Waals surface area contributed by atoms with Gasteiger partial charge >= 0.3 is 6.03 Å². The standard InChI is InChI=1S/C20H29N3O3/c1-6-7-14(4)21-17(24)12-23-18(25)20(5,22-19(23)26)16-10-8-15(9-11-16)13(2)3/h8-11,13-14H,6-7,12H2,1-5H3,(H,21,24)(H,22,26)/t14-,20+/m1/s1. The first-order valence-electron chi connectivity index (χ1n) is 9.23. The van der Waals surface area contributed by atoms with Crippen molar-refractivity contribution in [3.63, 3.8) is 0 Å². The number of urea groups is 1. The van der Waals surface area contributed by atoms with Crippen LogP contribution in [-0.2, 0) is 15.1 Å². The molecule has 142 valence electrons. The first-order chi connectivity index (χ1) is 12.2. The van der Waals surface area contributed by atoms with Gasteiger partial charge in [-0.2, -0.15) is 0 Å². The van der Waals surface area contributed by atoms with Crippen LogP contribution in [0.25, 0.3) is 0 Å². The molecular weight excluding hydrogens is 330 g/mol. The maximum absolute atomic E-state index is 12.9. The average Bonchev–Trinajstić information content (AvgIpc) is 2.79. The van der Waals surface area contributed by atoms with Gasteiger partial charge in [-0.3, -0.25) is 14.5 Å². The molecule has 2 N–H and O–H groups in total. The molecule has 2 atom stereocenters. The molecule has 0 saturated carbocycles. The van der Waals surface area contributed by atoms with Crippen molar-refractivity contribution in [2.45, 2.75) is 65.0 Å². The predicted octanol–water partition coefficient (Wildman–Crippen LogP) is 2.88. The maximum Gasteiger partial charge on any atom is 0.325 e. The molecule has 4 amide bonds. The normalized spacial score (nSPS) is 21.1. The van der Waals surface area contributed by atoms with Crippen LogP contribution in [0.1, 0.15) is 64.5 Å². The van der Waals surface area contributed by atoms with Crippen LogP contribution < -0.4 is 10.6 Å². The lowest BCUT2D eigenvalue weighted by atomic mass is 9.90. The van der Waals surface area contributed by atoms with Gasteiger partial charge in [0.05, 0.1) is 0 Å². The summed E-state index contributed by atoms with van der Waals surface area (Å²) in [6.45, 7) is 9.55. The summed E-state index contributed by atoms with van der Waals surface area (Å²) in [6.07, 6.45) is 1.81. The molecule has 1 aliphatic rings. The molecule has 0 unspecified atom stereocenters. The van der Waals surface area contributed by atoms with Gasteiger partial charge in [-0.25, -0.2) is 4.79 Å². The van der Waals surface area contributed by atoms with Crippen molar-refractivity contribution in [2.24, 2.45) is 0 Å². The molecule has 1 aromatic rings. The largest absolute Gasteiger partial charge is 0.352 e. The number of benzene rings is 1. The minimum atomic E-state index is -1.15. The van der Waals surface area contributed by atoms with Crippen LogP contribution in [0, 0.1) is 0 Å². The Morgan fingerprint density at radius 1 is 1.19 bits per heavy atom. The Kier molecular flexibility index (Phi) is 6.05. The average molecular weight is 359 g/mol. The van der Waals surface area contributed by atoms with Crippen LogP contribution in [-0.4, -0.2) is 35.3 Å². The van der Waals surface area contributed by atoms with E-state index in [1.807, 2.05) is 38.1 Å². The Hall–Kier alpha value is -2.37. The summed E-state index contributed by atoms with van der Waals surface area (Å²) < 4.78 is 0. The van der Waals surface area contributed by atoms with Gasteiger partial charge in [0, 0.05) is 6.04 Å². The number of amides is 4. The smallest absolute Gasteiger partial charge is 0.325 e. The number of imide groups is 1. The van der Waals surface area contributed by atoms with Crippen molar-refractivity contribution >= 4 is 17.8 Å². The molecule has 6 heteroatoms. The van der Waals surface area contributed by atoms with E-state index in [0.29, 0.717) is 11.5 Å². The number of carbonyl (C=O) groups excluding carboxylic acids is 3. The van der Waals surface area contributed by atoms with Crippen molar-refractivity contribution in [3.8, 4) is 0 Å². The van der Waals surface area contributed by atoms with Crippen molar-refractivity contribution in [3.05, 3.63) is 35.4 Å². The van der Waals surface area contributed by atoms with E-state index in [9.17, 15) is 14.4 Å². The summed E-state index contributed by atoms with van der Waals surface area (Å²) in [5.41, 5.74) is 0.722. The fourth-order valence-corrected chi connectivity index (χ4v) is 3.21. The molecule has 0 aliphatic carbocycles. The summed E-state index contributed by atoms with van der Waals surface area (Å²) in [5.74, 6) is -0.344. The first kappa shape index (κ1) is 19.9. The van der Waals surface area contributed by atoms with Crippen LogP contribution >= 0.6 is 0 Å². The zero-order valence-corrected chi connectivity index (χ0v) is 16.3. The van der Waals surface area contributed by atoms with E-state index in [2.05, 4.69) is 24.5 Å². The fraction of sp³-hybridized carbons (Fsp3) is 0.550. The fourth-order valence-electron chi connectivity index (χ4n) is 3.21. The molecule has 26 heavy (non-hydrogen) atoms. The molecule has 1 aromatic carbocycles. The summed E-state index contributed by atoms with van der Waals surface area (Å²) in [5, 5.41) is 5.56. The van der Waals surface area contributed by atoms with Crippen molar-refractivity contribution in [1.82, 2.24) is 15.5 Å². The van der Waals surface area contributed by atoms with Gasteiger partial charge in [-0.1, -0.05) is 51.5 Å². The van der Waals surface area contributed by atoms with E-state index < -0.39 is 17.5 Å². The van der Waals surface area contributed by atoms with Crippen molar-refractivity contribution in [2.75, 3.05) is 6.54 Å². The molecule has 1 heterocycles. The third-order valence-electron chi connectivity index (χ3n) is 4.86. The van der Waals surface area contributed by atoms with Gasteiger partial charge < -0.3 is 10.6 Å². The minimum Gasteiger partial charge on any atom is -0.352 e. The molecule has 0 bridgehead atoms. The van der Waals surface area contributed by atoms with E-state index in [1.165, 1.54) is 0 Å². The molecule has 0 spiro atoms. The van der Waals surface area contributed by atoms with Crippen molar-refractivity contribution < 1.29 is 14.4 Å². The zero-order valence-electron chi connectivity index (χ0n) is 16.3.